The van der Waals surface area contributed by atoms with Gasteiger partial charge in [-0.05, 0) is 111 Å². The van der Waals surface area contributed by atoms with Crippen LogP contribution in [0.15, 0.2) is 205 Å². The Morgan fingerprint density at radius 2 is 0.967 bits per heavy atom. The Hall–Kier alpha value is -7.62. The maximum atomic E-state index is 6.90. The van der Waals surface area contributed by atoms with Crippen LogP contribution in [0.1, 0.15) is 47.2 Å². The molecule has 0 amide bonds. The van der Waals surface area contributed by atoms with E-state index in [-0.39, 0.29) is 5.41 Å². The predicted molar refractivity (Wildman–Crippen MR) is 249 cm³/mol. The van der Waals surface area contributed by atoms with Crippen LogP contribution < -0.4 is 9.64 Å². The van der Waals surface area contributed by atoms with E-state index in [0.29, 0.717) is 0 Å². The van der Waals surface area contributed by atoms with Gasteiger partial charge >= 0.3 is 0 Å². The fraction of sp³-hybridized carbons (Fsp3) is 0.0690. The monoisotopic (exact) mass is 781 g/mol. The van der Waals surface area contributed by atoms with Crippen LogP contribution in [0.4, 0.5) is 17.1 Å². The number of ether oxygens (including phenoxy) is 1. The molecule has 9 aromatic carbocycles. The highest BCUT2D eigenvalue weighted by Gasteiger charge is 2.51. The van der Waals surface area contributed by atoms with Crippen molar-refractivity contribution in [2.75, 3.05) is 4.90 Å². The van der Waals surface area contributed by atoms with Gasteiger partial charge in [-0.3, -0.25) is 0 Å². The second-order valence-electron chi connectivity index (χ2n) is 17.2. The molecule has 3 nitrogen and oxygen atoms in total. The minimum atomic E-state index is -0.576. The van der Waals surface area contributed by atoms with Crippen molar-refractivity contribution in [3.63, 3.8) is 0 Å². The molecule has 0 radical (unpaired) electrons. The van der Waals surface area contributed by atoms with Crippen molar-refractivity contribution in [3.05, 3.63) is 234 Å². The first kappa shape index (κ1) is 34.3. The first-order valence-corrected chi connectivity index (χ1v) is 21.2. The van der Waals surface area contributed by atoms with Gasteiger partial charge in [0.25, 0.3) is 0 Å². The number of para-hydroxylation sites is 4. The minimum absolute atomic E-state index is 0.131. The molecule has 0 saturated heterocycles. The SMILES string of the molecule is CC1(C)c2ccccc2-c2ccc(N(c3ccccc3)c3ccccc3-c3cccc4oc5cc6c(cc5c34)C3(c4ccccc4Oc4ccccc43)c3ccccc3-6)cc21. The van der Waals surface area contributed by atoms with E-state index in [1.165, 1.54) is 44.5 Å². The molecule has 0 bridgehead atoms. The van der Waals surface area contributed by atoms with Crippen molar-refractivity contribution in [3.8, 4) is 44.9 Å². The van der Waals surface area contributed by atoms with Gasteiger partial charge in [0, 0.05) is 44.3 Å². The van der Waals surface area contributed by atoms with Gasteiger partial charge in [-0.2, -0.15) is 0 Å². The van der Waals surface area contributed by atoms with Gasteiger partial charge in [0.1, 0.15) is 22.7 Å². The van der Waals surface area contributed by atoms with Crippen molar-refractivity contribution in [2.45, 2.75) is 24.7 Å². The van der Waals surface area contributed by atoms with E-state index in [0.717, 1.165) is 72.8 Å². The average molecular weight is 782 g/mol. The first-order valence-electron chi connectivity index (χ1n) is 21.2. The Kier molecular flexibility index (Phi) is 6.99. The van der Waals surface area contributed by atoms with Crippen LogP contribution in [0.2, 0.25) is 0 Å². The summed E-state index contributed by atoms with van der Waals surface area (Å²) >= 11 is 0. The van der Waals surface area contributed by atoms with E-state index in [2.05, 4.69) is 219 Å². The highest BCUT2D eigenvalue weighted by atomic mass is 16.5. The van der Waals surface area contributed by atoms with E-state index in [1.807, 2.05) is 0 Å². The Morgan fingerprint density at radius 3 is 1.72 bits per heavy atom. The molecule has 1 spiro atoms. The van der Waals surface area contributed by atoms with Crippen LogP contribution in [0.5, 0.6) is 11.5 Å². The molecule has 0 atom stereocenters. The smallest absolute Gasteiger partial charge is 0.136 e. The third kappa shape index (κ3) is 4.58. The molecule has 1 aliphatic heterocycles. The van der Waals surface area contributed by atoms with Crippen LogP contribution >= 0.6 is 0 Å². The van der Waals surface area contributed by atoms with E-state index in [1.54, 1.807) is 0 Å². The fourth-order valence-electron chi connectivity index (χ4n) is 11.1. The topological polar surface area (TPSA) is 25.6 Å². The van der Waals surface area contributed by atoms with Crippen molar-refractivity contribution in [1.29, 1.82) is 0 Å². The first-order chi connectivity index (χ1) is 30.0. The molecule has 288 valence electrons. The van der Waals surface area contributed by atoms with E-state index in [4.69, 9.17) is 9.15 Å². The number of anilines is 3. The molecule has 0 unspecified atom stereocenters. The molecule has 10 aromatic rings. The molecule has 3 aliphatic rings. The predicted octanol–water partition coefficient (Wildman–Crippen LogP) is 15.5. The number of hydrogen-bond acceptors (Lipinski definition) is 3. The minimum Gasteiger partial charge on any atom is -0.457 e. The normalized spacial score (nSPS) is 14.5. The van der Waals surface area contributed by atoms with Crippen LogP contribution in [0.3, 0.4) is 0 Å². The maximum absolute atomic E-state index is 6.90. The zero-order chi connectivity index (χ0) is 40.5. The Morgan fingerprint density at radius 1 is 0.377 bits per heavy atom. The van der Waals surface area contributed by atoms with Gasteiger partial charge in [0.05, 0.1) is 11.1 Å². The number of furan rings is 1. The van der Waals surface area contributed by atoms with Crippen molar-refractivity contribution in [1.82, 2.24) is 0 Å². The summed E-state index contributed by atoms with van der Waals surface area (Å²) in [5.41, 5.74) is 19.1. The molecular weight excluding hydrogens is 743 g/mol. The second kappa shape index (κ2) is 12.5. The summed E-state index contributed by atoms with van der Waals surface area (Å²) in [6.07, 6.45) is 0. The lowest BCUT2D eigenvalue weighted by molar-refractivity contribution is 0.436. The second-order valence-corrected chi connectivity index (χ2v) is 17.2. The van der Waals surface area contributed by atoms with Crippen molar-refractivity contribution < 1.29 is 9.15 Å². The van der Waals surface area contributed by atoms with Crippen LogP contribution in [-0.2, 0) is 10.8 Å². The molecule has 61 heavy (non-hydrogen) atoms. The molecule has 2 aliphatic carbocycles. The summed E-state index contributed by atoms with van der Waals surface area (Å²) in [6.45, 7) is 4.70. The zero-order valence-corrected chi connectivity index (χ0v) is 33.8. The summed E-state index contributed by atoms with van der Waals surface area (Å²) < 4.78 is 13.6. The largest absolute Gasteiger partial charge is 0.457 e. The van der Waals surface area contributed by atoms with Crippen LogP contribution in [0.25, 0.3) is 55.3 Å². The zero-order valence-electron chi connectivity index (χ0n) is 33.8. The average Bonchev–Trinajstić information content (AvgIpc) is 3.90. The van der Waals surface area contributed by atoms with E-state index >= 15 is 0 Å². The lowest BCUT2D eigenvalue weighted by atomic mass is 9.66. The third-order valence-electron chi connectivity index (χ3n) is 13.7. The number of nitrogens with zero attached hydrogens (tertiary/aromatic N) is 1. The third-order valence-corrected chi connectivity index (χ3v) is 13.7. The van der Waals surface area contributed by atoms with Gasteiger partial charge < -0.3 is 14.1 Å². The lowest BCUT2D eigenvalue weighted by Crippen LogP contribution is -2.32. The van der Waals surface area contributed by atoms with E-state index < -0.39 is 5.41 Å². The molecule has 2 heterocycles. The molecule has 1 aromatic heterocycles. The summed E-state index contributed by atoms with van der Waals surface area (Å²) in [5, 5.41) is 2.20. The molecule has 13 rings (SSSR count). The van der Waals surface area contributed by atoms with Gasteiger partial charge in [0.2, 0.25) is 0 Å². The van der Waals surface area contributed by atoms with Gasteiger partial charge in [-0.25, -0.2) is 0 Å². The molecular formula is C58H39NO2. The standard InChI is InChI=1S/C58H39NO2/c1-57(2)45-23-9-6-19-38(45)40-32-31-37(33-49(40)57)59(36-17-4-3-5-18-36)51-27-13-8-21-41(51)42-22-16-30-54-56(42)44-34-50-43(35-55(44)61-54)39-20-7-10-24-46(39)58(50)47-25-11-14-28-52(47)60-53-29-15-12-26-48(53)58/h3-35H,1-2H3. The quantitative estimate of drug-likeness (QED) is 0.178. The number of rotatable bonds is 4. The van der Waals surface area contributed by atoms with Crippen molar-refractivity contribution in [2.24, 2.45) is 0 Å². The van der Waals surface area contributed by atoms with E-state index in [9.17, 15) is 0 Å². The summed E-state index contributed by atoms with van der Waals surface area (Å²) in [7, 11) is 0. The fourth-order valence-corrected chi connectivity index (χ4v) is 11.1. The highest BCUT2D eigenvalue weighted by Crippen LogP contribution is 2.63. The Balaban J connectivity index is 1.06. The van der Waals surface area contributed by atoms with Crippen LogP contribution in [0, 0.1) is 0 Å². The van der Waals surface area contributed by atoms with Crippen LogP contribution in [-0.4, -0.2) is 0 Å². The Bertz CT molecular complexity index is 3400. The molecule has 0 fully saturated rings. The lowest BCUT2D eigenvalue weighted by Gasteiger charge is -2.39. The molecule has 0 N–H and O–H groups in total. The summed E-state index contributed by atoms with van der Waals surface area (Å²) in [6, 6.07) is 72.7. The highest BCUT2D eigenvalue weighted by molar-refractivity contribution is 6.15. The number of benzene rings is 9. The number of hydrogen-bond donors (Lipinski definition) is 0. The number of fused-ring (bicyclic) bond motifs is 15. The Labute approximate surface area is 354 Å². The van der Waals surface area contributed by atoms with Gasteiger partial charge in [-0.1, -0.05) is 153 Å². The van der Waals surface area contributed by atoms with Gasteiger partial charge in [0.15, 0.2) is 0 Å². The van der Waals surface area contributed by atoms with Gasteiger partial charge in [-0.15, -0.1) is 0 Å². The summed E-state index contributed by atoms with van der Waals surface area (Å²) in [4.78, 5) is 2.43. The summed E-state index contributed by atoms with van der Waals surface area (Å²) in [5.74, 6) is 1.77. The van der Waals surface area contributed by atoms with Crippen molar-refractivity contribution >= 4 is 39.0 Å². The maximum Gasteiger partial charge on any atom is 0.136 e. The molecule has 0 saturated carbocycles. The molecule has 3 heteroatoms.